The van der Waals surface area contributed by atoms with Gasteiger partial charge in [-0.2, -0.15) is 5.26 Å². The van der Waals surface area contributed by atoms with Gasteiger partial charge in [0.2, 0.25) is 0 Å². The molecule has 0 radical (unpaired) electrons. The lowest BCUT2D eigenvalue weighted by Crippen LogP contribution is -2.20. The van der Waals surface area contributed by atoms with Crippen molar-refractivity contribution in [3.8, 4) is 6.07 Å². The van der Waals surface area contributed by atoms with Crippen molar-refractivity contribution in [1.29, 1.82) is 5.26 Å². The number of rotatable bonds is 3. The highest BCUT2D eigenvalue weighted by Crippen LogP contribution is 2.00. The molecule has 0 fully saturated rings. The van der Waals surface area contributed by atoms with E-state index in [2.05, 4.69) is 6.07 Å². The molecule has 0 aromatic rings. The standard InChI is InChI=1S/C8H14N2/c1-4-8(7-9)10(5-2)6-3/h4H,5-6H2,1-3H3/b8-4+. The number of hydrogen-bond donors (Lipinski definition) is 0. The second-order valence-electron chi connectivity index (χ2n) is 1.96. The number of hydrogen-bond acceptors (Lipinski definition) is 2. The van der Waals surface area contributed by atoms with E-state index in [1.165, 1.54) is 0 Å². The number of nitriles is 1. The van der Waals surface area contributed by atoms with E-state index < -0.39 is 0 Å². The summed E-state index contributed by atoms with van der Waals surface area (Å²) >= 11 is 0. The van der Waals surface area contributed by atoms with E-state index in [1.54, 1.807) is 0 Å². The molecule has 0 aliphatic rings. The van der Waals surface area contributed by atoms with Gasteiger partial charge in [-0.1, -0.05) is 6.08 Å². The summed E-state index contributed by atoms with van der Waals surface area (Å²) in [6, 6.07) is 2.14. The molecule has 10 heavy (non-hydrogen) atoms. The van der Waals surface area contributed by atoms with Crippen LogP contribution in [-0.4, -0.2) is 18.0 Å². The molecule has 0 amide bonds. The minimum absolute atomic E-state index is 0.769. The van der Waals surface area contributed by atoms with Crippen molar-refractivity contribution in [2.45, 2.75) is 20.8 Å². The third kappa shape index (κ3) is 2.10. The Morgan fingerprint density at radius 1 is 1.50 bits per heavy atom. The quantitative estimate of drug-likeness (QED) is 0.555. The molecule has 0 bridgehead atoms. The van der Waals surface area contributed by atoms with E-state index >= 15 is 0 Å². The Kier molecular flexibility index (Phi) is 4.39. The molecule has 0 N–H and O–H groups in total. The van der Waals surface area contributed by atoms with Crippen LogP contribution in [0.4, 0.5) is 0 Å². The minimum atomic E-state index is 0.769. The molecule has 56 valence electrons. The van der Waals surface area contributed by atoms with Crippen LogP contribution in [-0.2, 0) is 0 Å². The summed E-state index contributed by atoms with van der Waals surface area (Å²) in [5.74, 6) is 0. The van der Waals surface area contributed by atoms with Crippen LogP contribution in [0, 0.1) is 11.3 Å². The highest BCUT2D eigenvalue weighted by Gasteiger charge is 2.00. The van der Waals surface area contributed by atoms with Crippen LogP contribution in [0.5, 0.6) is 0 Å². The zero-order chi connectivity index (χ0) is 7.98. The average molecular weight is 138 g/mol. The Bertz CT molecular complexity index is 149. The topological polar surface area (TPSA) is 27.0 Å². The summed E-state index contributed by atoms with van der Waals surface area (Å²) < 4.78 is 0. The number of nitrogens with zero attached hydrogens (tertiary/aromatic N) is 2. The van der Waals surface area contributed by atoms with Gasteiger partial charge in [0.15, 0.2) is 0 Å². The molecule has 2 heteroatoms. The first-order chi connectivity index (χ1) is 4.79. The molecule has 0 aromatic heterocycles. The van der Waals surface area contributed by atoms with Crippen LogP contribution in [0.3, 0.4) is 0 Å². The molecule has 0 atom stereocenters. The Morgan fingerprint density at radius 3 is 2.10 bits per heavy atom. The van der Waals surface area contributed by atoms with Crippen LogP contribution in [0.15, 0.2) is 11.8 Å². The van der Waals surface area contributed by atoms with Crippen molar-refractivity contribution in [3.63, 3.8) is 0 Å². The molecular weight excluding hydrogens is 124 g/mol. The van der Waals surface area contributed by atoms with E-state index in [-0.39, 0.29) is 0 Å². The fourth-order valence-electron chi connectivity index (χ4n) is 0.882. The van der Waals surface area contributed by atoms with Crippen molar-refractivity contribution in [2.75, 3.05) is 13.1 Å². The van der Waals surface area contributed by atoms with Crippen molar-refractivity contribution >= 4 is 0 Å². The normalized spacial score (nSPS) is 10.8. The molecule has 0 rings (SSSR count). The third-order valence-corrected chi connectivity index (χ3v) is 1.49. The van der Waals surface area contributed by atoms with Gasteiger partial charge in [0.25, 0.3) is 0 Å². The molecular formula is C8H14N2. The van der Waals surface area contributed by atoms with Crippen LogP contribution < -0.4 is 0 Å². The van der Waals surface area contributed by atoms with Gasteiger partial charge >= 0.3 is 0 Å². The van der Waals surface area contributed by atoms with E-state index in [1.807, 2.05) is 31.7 Å². The lowest BCUT2D eigenvalue weighted by molar-refractivity contribution is 0.396. The predicted molar refractivity (Wildman–Crippen MR) is 42.3 cm³/mol. The molecule has 2 nitrogen and oxygen atoms in total. The summed E-state index contributed by atoms with van der Waals surface area (Å²) in [6.45, 7) is 7.79. The SMILES string of the molecule is C/C=C(\C#N)N(CC)CC. The highest BCUT2D eigenvalue weighted by molar-refractivity contribution is 5.17. The van der Waals surface area contributed by atoms with Gasteiger partial charge in [-0.3, -0.25) is 0 Å². The van der Waals surface area contributed by atoms with E-state index in [0.717, 1.165) is 18.8 Å². The second kappa shape index (κ2) is 4.87. The zero-order valence-corrected chi connectivity index (χ0v) is 6.89. The molecule has 0 aliphatic heterocycles. The van der Waals surface area contributed by atoms with Gasteiger partial charge in [-0.05, 0) is 20.8 Å². The number of allylic oxidation sites excluding steroid dienone is 2. The van der Waals surface area contributed by atoms with Crippen LogP contribution in [0.1, 0.15) is 20.8 Å². The maximum atomic E-state index is 8.60. The second-order valence-corrected chi connectivity index (χ2v) is 1.96. The van der Waals surface area contributed by atoms with Crippen LogP contribution in [0.25, 0.3) is 0 Å². The lowest BCUT2D eigenvalue weighted by Gasteiger charge is -2.18. The van der Waals surface area contributed by atoms with Gasteiger partial charge in [-0.15, -0.1) is 0 Å². The Balaban J connectivity index is 4.14. The van der Waals surface area contributed by atoms with Crippen molar-refractivity contribution in [1.82, 2.24) is 4.90 Å². The van der Waals surface area contributed by atoms with Crippen molar-refractivity contribution in [2.24, 2.45) is 0 Å². The first-order valence-electron chi connectivity index (χ1n) is 3.61. The molecule has 0 saturated carbocycles. The van der Waals surface area contributed by atoms with Crippen LogP contribution >= 0.6 is 0 Å². The Morgan fingerprint density at radius 2 is 2.00 bits per heavy atom. The fourth-order valence-corrected chi connectivity index (χ4v) is 0.882. The van der Waals surface area contributed by atoms with Crippen molar-refractivity contribution < 1.29 is 0 Å². The predicted octanol–water partition coefficient (Wildman–Crippen LogP) is 1.76. The molecule has 0 aromatic carbocycles. The largest absolute Gasteiger partial charge is 0.364 e. The van der Waals surface area contributed by atoms with Gasteiger partial charge < -0.3 is 4.90 Å². The molecule has 0 aliphatic carbocycles. The van der Waals surface area contributed by atoms with Crippen LogP contribution in [0.2, 0.25) is 0 Å². The highest BCUT2D eigenvalue weighted by atomic mass is 15.1. The van der Waals surface area contributed by atoms with E-state index in [9.17, 15) is 0 Å². The first kappa shape index (κ1) is 9.03. The maximum Gasteiger partial charge on any atom is 0.117 e. The van der Waals surface area contributed by atoms with Gasteiger partial charge in [0.1, 0.15) is 11.8 Å². The third-order valence-electron chi connectivity index (χ3n) is 1.49. The van der Waals surface area contributed by atoms with Crippen molar-refractivity contribution in [3.05, 3.63) is 11.8 Å². The first-order valence-corrected chi connectivity index (χ1v) is 3.61. The molecule has 0 saturated heterocycles. The summed E-state index contributed by atoms with van der Waals surface area (Å²) in [4.78, 5) is 2.03. The molecule has 0 heterocycles. The molecule has 0 unspecified atom stereocenters. The van der Waals surface area contributed by atoms with E-state index in [0.29, 0.717) is 0 Å². The zero-order valence-electron chi connectivity index (χ0n) is 6.89. The minimum Gasteiger partial charge on any atom is -0.364 e. The van der Waals surface area contributed by atoms with Gasteiger partial charge in [-0.25, -0.2) is 0 Å². The smallest absolute Gasteiger partial charge is 0.117 e. The summed E-state index contributed by atoms with van der Waals surface area (Å²) in [6.07, 6.45) is 1.84. The van der Waals surface area contributed by atoms with Gasteiger partial charge in [0.05, 0.1) is 0 Å². The summed E-state index contributed by atoms with van der Waals surface area (Å²) in [5, 5.41) is 8.60. The maximum absolute atomic E-state index is 8.60. The molecule has 0 spiro atoms. The average Bonchev–Trinajstić information content (AvgIpc) is 2.00. The lowest BCUT2D eigenvalue weighted by atomic mass is 10.3. The monoisotopic (exact) mass is 138 g/mol. The fraction of sp³-hybridized carbons (Fsp3) is 0.625. The summed E-state index contributed by atoms with van der Waals surface area (Å²) in [5.41, 5.74) is 0.769. The van der Waals surface area contributed by atoms with E-state index in [4.69, 9.17) is 5.26 Å². The Hall–Kier alpha value is -0.970. The van der Waals surface area contributed by atoms with Gasteiger partial charge in [0, 0.05) is 13.1 Å². The Labute approximate surface area is 62.8 Å². The summed E-state index contributed by atoms with van der Waals surface area (Å²) in [7, 11) is 0.